The van der Waals surface area contributed by atoms with Crippen molar-refractivity contribution < 1.29 is 13.2 Å². The molecule has 1 saturated heterocycles. The molecule has 27 heavy (non-hydrogen) atoms. The van der Waals surface area contributed by atoms with Gasteiger partial charge in [0.1, 0.15) is 0 Å². The highest BCUT2D eigenvalue weighted by Crippen LogP contribution is 2.22. The normalized spacial score (nSPS) is 16.9. The lowest BCUT2D eigenvalue weighted by atomic mass is 10.0. The van der Waals surface area contributed by atoms with Crippen molar-refractivity contribution in [3.05, 3.63) is 71.3 Å². The molecular formula is C21H28N2O3S. The molecule has 6 heteroatoms. The number of rotatable bonds is 8. The number of morpholine rings is 1. The quantitative estimate of drug-likeness (QED) is 0.755. The third kappa shape index (κ3) is 6.14. The van der Waals surface area contributed by atoms with E-state index in [2.05, 4.69) is 40.8 Å². The van der Waals surface area contributed by atoms with E-state index in [1.54, 1.807) is 0 Å². The monoisotopic (exact) mass is 388 g/mol. The highest BCUT2D eigenvalue weighted by molar-refractivity contribution is 7.89. The second-order valence-electron chi connectivity index (χ2n) is 6.98. The van der Waals surface area contributed by atoms with Crippen molar-refractivity contribution in [3.63, 3.8) is 0 Å². The van der Waals surface area contributed by atoms with Gasteiger partial charge in [-0.25, -0.2) is 13.1 Å². The van der Waals surface area contributed by atoms with E-state index in [0.29, 0.717) is 26.2 Å². The lowest BCUT2D eigenvalue weighted by molar-refractivity contribution is 0.0172. The van der Waals surface area contributed by atoms with Gasteiger partial charge >= 0.3 is 0 Å². The molecule has 1 heterocycles. The Kier molecular flexibility index (Phi) is 7.01. The Bertz CT molecular complexity index is 801. The number of sulfonamides is 1. The van der Waals surface area contributed by atoms with Crippen molar-refractivity contribution in [2.75, 3.05) is 38.6 Å². The number of ether oxygens (including phenoxy) is 1. The van der Waals surface area contributed by atoms with Crippen LogP contribution in [-0.2, 0) is 21.2 Å². The maximum Gasteiger partial charge on any atom is 0.211 e. The number of aryl methyl sites for hydroxylation is 2. The van der Waals surface area contributed by atoms with Crippen LogP contribution < -0.4 is 4.72 Å². The van der Waals surface area contributed by atoms with E-state index in [1.807, 2.05) is 30.3 Å². The first-order valence-corrected chi connectivity index (χ1v) is 11.1. The predicted molar refractivity (Wildman–Crippen MR) is 108 cm³/mol. The van der Waals surface area contributed by atoms with E-state index in [9.17, 15) is 8.42 Å². The number of nitrogens with zero attached hydrogens (tertiary/aromatic N) is 1. The van der Waals surface area contributed by atoms with E-state index < -0.39 is 10.0 Å². The Morgan fingerprint density at radius 1 is 1.04 bits per heavy atom. The fraction of sp³-hybridized carbons (Fsp3) is 0.429. The molecule has 5 nitrogen and oxygen atoms in total. The summed E-state index contributed by atoms with van der Waals surface area (Å²) < 4.78 is 33.3. The molecular weight excluding hydrogens is 360 g/mol. The fourth-order valence-corrected chi connectivity index (χ4v) is 4.37. The van der Waals surface area contributed by atoms with Gasteiger partial charge in [0.15, 0.2) is 0 Å². The van der Waals surface area contributed by atoms with Crippen LogP contribution in [0.4, 0.5) is 0 Å². The van der Waals surface area contributed by atoms with Gasteiger partial charge in [-0.05, 0) is 24.5 Å². The Labute approximate surface area is 162 Å². The van der Waals surface area contributed by atoms with E-state index in [4.69, 9.17) is 4.74 Å². The number of hydrogen-bond acceptors (Lipinski definition) is 4. The van der Waals surface area contributed by atoms with Crippen molar-refractivity contribution in [1.82, 2.24) is 9.62 Å². The minimum Gasteiger partial charge on any atom is -0.379 e. The molecule has 0 aliphatic carbocycles. The van der Waals surface area contributed by atoms with Crippen LogP contribution in [-0.4, -0.2) is 51.9 Å². The molecule has 0 spiro atoms. The lowest BCUT2D eigenvalue weighted by Crippen LogP contribution is -2.44. The number of hydrogen-bond donors (Lipinski definition) is 1. The van der Waals surface area contributed by atoms with Gasteiger partial charge in [-0.2, -0.15) is 0 Å². The molecule has 0 unspecified atom stereocenters. The van der Waals surface area contributed by atoms with Crippen molar-refractivity contribution in [1.29, 1.82) is 0 Å². The van der Waals surface area contributed by atoms with E-state index in [0.717, 1.165) is 24.2 Å². The Balaban J connectivity index is 1.65. The minimum absolute atomic E-state index is 0.0148. The van der Waals surface area contributed by atoms with Crippen LogP contribution in [0.3, 0.4) is 0 Å². The van der Waals surface area contributed by atoms with E-state index in [1.165, 1.54) is 5.56 Å². The molecule has 0 amide bonds. The van der Waals surface area contributed by atoms with Gasteiger partial charge in [-0.3, -0.25) is 4.90 Å². The van der Waals surface area contributed by atoms with Crippen LogP contribution in [0.25, 0.3) is 0 Å². The van der Waals surface area contributed by atoms with Crippen LogP contribution in [0.15, 0.2) is 54.6 Å². The van der Waals surface area contributed by atoms with E-state index in [-0.39, 0.29) is 11.8 Å². The van der Waals surface area contributed by atoms with Crippen molar-refractivity contribution in [3.8, 4) is 0 Å². The lowest BCUT2D eigenvalue weighted by Gasteiger charge is -2.35. The highest BCUT2D eigenvalue weighted by Gasteiger charge is 2.24. The van der Waals surface area contributed by atoms with Crippen molar-refractivity contribution >= 4 is 10.0 Å². The molecule has 1 atom stereocenters. The van der Waals surface area contributed by atoms with Crippen LogP contribution in [0, 0.1) is 6.92 Å². The standard InChI is InChI=1S/C21H28N2O3S/c1-18-7-9-20(10-8-18)21(23-12-14-26-15-13-23)17-22-27(24,25)16-11-19-5-3-2-4-6-19/h2-10,21-22H,11-17H2,1H3/t21-/m1/s1. The second kappa shape index (κ2) is 9.46. The molecule has 0 saturated carbocycles. The summed E-state index contributed by atoms with van der Waals surface area (Å²) >= 11 is 0. The largest absolute Gasteiger partial charge is 0.379 e. The Morgan fingerprint density at radius 2 is 1.70 bits per heavy atom. The summed E-state index contributed by atoms with van der Waals surface area (Å²) in [5, 5.41) is 0. The summed E-state index contributed by atoms with van der Waals surface area (Å²) in [5.74, 6) is 0.0980. The number of nitrogens with one attached hydrogen (secondary N) is 1. The molecule has 3 rings (SSSR count). The Hall–Kier alpha value is -1.73. The van der Waals surface area contributed by atoms with Gasteiger partial charge in [0.2, 0.25) is 10.0 Å². The summed E-state index contributed by atoms with van der Waals surface area (Å²) in [6, 6.07) is 18.1. The summed E-state index contributed by atoms with van der Waals surface area (Å²) in [4.78, 5) is 2.30. The second-order valence-corrected chi connectivity index (χ2v) is 8.90. The van der Waals surface area contributed by atoms with Gasteiger partial charge < -0.3 is 4.74 Å². The van der Waals surface area contributed by atoms with Crippen molar-refractivity contribution in [2.45, 2.75) is 19.4 Å². The molecule has 2 aromatic rings. The SMILES string of the molecule is Cc1ccc([C@@H](CNS(=O)(=O)CCc2ccccc2)N2CCOCC2)cc1. The first-order chi connectivity index (χ1) is 13.0. The summed E-state index contributed by atoms with van der Waals surface area (Å²) in [5.41, 5.74) is 3.36. The maximum absolute atomic E-state index is 12.5. The summed E-state index contributed by atoms with van der Waals surface area (Å²) in [6.07, 6.45) is 0.517. The smallest absolute Gasteiger partial charge is 0.211 e. The topological polar surface area (TPSA) is 58.6 Å². The fourth-order valence-electron chi connectivity index (χ4n) is 3.31. The molecule has 0 radical (unpaired) electrons. The summed E-state index contributed by atoms with van der Waals surface area (Å²) in [6.45, 7) is 5.42. The van der Waals surface area contributed by atoms with Crippen molar-refractivity contribution in [2.24, 2.45) is 0 Å². The molecule has 2 aromatic carbocycles. The van der Waals surface area contributed by atoms with Crippen LogP contribution in [0.2, 0.25) is 0 Å². The van der Waals surface area contributed by atoms with Gasteiger partial charge in [0.05, 0.1) is 19.0 Å². The third-order valence-corrected chi connectivity index (χ3v) is 6.30. The maximum atomic E-state index is 12.5. The molecule has 1 N–H and O–H groups in total. The predicted octanol–water partition coefficient (Wildman–Crippen LogP) is 2.53. The summed E-state index contributed by atoms with van der Waals surface area (Å²) in [7, 11) is -3.34. The first kappa shape index (κ1) is 20.0. The zero-order chi connectivity index (χ0) is 19.1. The highest BCUT2D eigenvalue weighted by atomic mass is 32.2. The molecule has 0 aromatic heterocycles. The van der Waals surface area contributed by atoms with Gasteiger partial charge in [0, 0.05) is 25.7 Å². The van der Waals surface area contributed by atoms with E-state index >= 15 is 0 Å². The number of benzene rings is 2. The molecule has 146 valence electrons. The van der Waals surface area contributed by atoms with Gasteiger partial charge in [-0.15, -0.1) is 0 Å². The average Bonchev–Trinajstić information content (AvgIpc) is 2.70. The average molecular weight is 389 g/mol. The van der Waals surface area contributed by atoms with Gasteiger partial charge in [0.25, 0.3) is 0 Å². The molecule has 1 fully saturated rings. The zero-order valence-electron chi connectivity index (χ0n) is 15.8. The minimum atomic E-state index is -3.34. The molecule has 0 bridgehead atoms. The van der Waals surface area contributed by atoms with Gasteiger partial charge in [-0.1, -0.05) is 60.2 Å². The van der Waals surface area contributed by atoms with Crippen LogP contribution in [0.1, 0.15) is 22.7 Å². The Morgan fingerprint density at radius 3 is 2.37 bits per heavy atom. The van der Waals surface area contributed by atoms with Crippen LogP contribution >= 0.6 is 0 Å². The molecule has 1 aliphatic rings. The van der Waals surface area contributed by atoms with Crippen LogP contribution in [0.5, 0.6) is 0 Å². The first-order valence-electron chi connectivity index (χ1n) is 9.43. The molecule has 1 aliphatic heterocycles. The zero-order valence-corrected chi connectivity index (χ0v) is 16.6. The third-order valence-electron chi connectivity index (χ3n) is 4.95.